The van der Waals surface area contributed by atoms with E-state index >= 15 is 0 Å². The number of ether oxygens (including phenoxy) is 1. The highest BCUT2D eigenvalue weighted by molar-refractivity contribution is 5.92. The first-order valence-corrected chi connectivity index (χ1v) is 13.1. The second-order valence-corrected chi connectivity index (χ2v) is 11.1. The maximum absolute atomic E-state index is 14.1. The van der Waals surface area contributed by atoms with E-state index in [0.29, 0.717) is 30.5 Å². The highest BCUT2D eigenvalue weighted by Crippen LogP contribution is 2.33. The molecular weight excluding hydrogens is 458 g/mol. The summed E-state index contributed by atoms with van der Waals surface area (Å²) in [5, 5.41) is 16.6. The summed E-state index contributed by atoms with van der Waals surface area (Å²) in [5.41, 5.74) is 0.253. The minimum atomic E-state index is -1.05. The number of nitrogens with zero attached hydrogens (tertiary/aromatic N) is 1. The highest BCUT2D eigenvalue weighted by atomic mass is 16.6. The Hall–Kier alpha value is -2.77. The average molecular weight is 506 g/mol. The Labute approximate surface area is 217 Å². The van der Waals surface area contributed by atoms with E-state index in [1.54, 1.807) is 45.9 Å². The van der Waals surface area contributed by atoms with Gasteiger partial charge >= 0.3 is 6.09 Å². The predicted octanol–water partition coefficient (Wildman–Crippen LogP) is 5.22. The third kappa shape index (κ3) is 10.1. The van der Waals surface area contributed by atoms with Crippen molar-refractivity contribution in [2.45, 2.75) is 112 Å². The van der Waals surface area contributed by atoms with Gasteiger partial charge in [-0.1, -0.05) is 51.8 Å². The quantitative estimate of drug-likeness (QED) is 0.337. The summed E-state index contributed by atoms with van der Waals surface area (Å²) >= 11 is 0. The molecule has 3 N–H and O–H groups in total. The van der Waals surface area contributed by atoms with Gasteiger partial charge in [0.25, 0.3) is 0 Å². The van der Waals surface area contributed by atoms with Gasteiger partial charge in [0.05, 0.1) is 0 Å². The lowest BCUT2D eigenvalue weighted by atomic mass is 9.97. The second kappa shape index (κ2) is 14.1. The topological polar surface area (TPSA) is 108 Å². The molecule has 3 amide bonds. The molecule has 0 spiro atoms. The number of alkyl carbamates (subject to hydrolysis) is 1. The lowest BCUT2D eigenvalue weighted by Crippen LogP contribution is -2.54. The van der Waals surface area contributed by atoms with Crippen LogP contribution in [0.1, 0.15) is 98.2 Å². The van der Waals surface area contributed by atoms with Gasteiger partial charge in [-0.15, -0.1) is 0 Å². The Morgan fingerprint density at radius 2 is 1.69 bits per heavy atom. The number of carbonyl (C=O) groups is 3. The molecule has 1 aromatic rings. The van der Waals surface area contributed by atoms with Crippen LogP contribution in [0.25, 0.3) is 0 Å². The molecular formula is C28H47N3O5. The number of nitrogens with one attached hydrogen (secondary N) is 2. The SMILES string of the molecule is CCCCCN(C(=O)C(CC(C)C)NC(=O)OC(C)(C)C)C(C(=O)NC(C)C)c1cccc(C)c1O. The van der Waals surface area contributed by atoms with E-state index in [0.717, 1.165) is 12.8 Å². The van der Waals surface area contributed by atoms with Crippen LogP contribution in [0, 0.1) is 12.8 Å². The van der Waals surface area contributed by atoms with Gasteiger partial charge in [0.15, 0.2) is 0 Å². The number of aryl methyl sites for hydroxylation is 1. The molecule has 1 aromatic carbocycles. The summed E-state index contributed by atoms with van der Waals surface area (Å²) in [5.74, 6) is -0.677. The molecule has 36 heavy (non-hydrogen) atoms. The molecule has 1 rings (SSSR count). The van der Waals surface area contributed by atoms with Crippen LogP contribution >= 0.6 is 0 Å². The van der Waals surface area contributed by atoms with Crippen molar-refractivity contribution in [1.82, 2.24) is 15.5 Å². The van der Waals surface area contributed by atoms with Gasteiger partial charge in [-0.25, -0.2) is 4.79 Å². The number of para-hydroxylation sites is 1. The molecule has 0 saturated carbocycles. The van der Waals surface area contributed by atoms with Crippen LogP contribution in [0.2, 0.25) is 0 Å². The predicted molar refractivity (Wildman–Crippen MR) is 143 cm³/mol. The maximum atomic E-state index is 14.1. The Kier molecular flexibility index (Phi) is 12.2. The number of hydrogen-bond donors (Lipinski definition) is 3. The van der Waals surface area contributed by atoms with Gasteiger partial charge in [0, 0.05) is 18.2 Å². The maximum Gasteiger partial charge on any atom is 0.408 e. The van der Waals surface area contributed by atoms with E-state index < -0.39 is 23.8 Å². The molecule has 2 unspecified atom stereocenters. The Morgan fingerprint density at radius 3 is 2.22 bits per heavy atom. The monoisotopic (exact) mass is 505 g/mol. The lowest BCUT2D eigenvalue weighted by molar-refractivity contribution is -0.143. The van der Waals surface area contributed by atoms with Crippen LogP contribution < -0.4 is 10.6 Å². The lowest BCUT2D eigenvalue weighted by Gasteiger charge is -2.35. The van der Waals surface area contributed by atoms with Crippen molar-refractivity contribution in [2.24, 2.45) is 5.92 Å². The summed E-state index contributed by atoms with van der Waals surface area (Å²) in [7, 11) is 0. The Balaban J connectivity index is 3.55. The van der Waals surface area contributed by atoms with Crippen molar-refractivity contribution in [1.29, 1.82) is 0 Å². The zero-order valence-corrected chi connectivity index (χ0v) is 23.6. The number of unbranched alkanes of at least 4 members (excludes halogenated alkanes) is 2. The molecule has 8 heteroatoms. The van der Waals surface area contributed by atoms with Crippen LogP contribution in [0.15, 0.2) is 18.2 Å². The van der Waals surface area contributed by atoms with E-state index in [1.807, 2.05) is 27.7 Å². The summed E-state index contributed by atoms with van der Waals surface area (Å²) in [6.07, 6.45) is 2.18. The molecule has 8 nitrogen and oxygen atoms in total. The number of phenols is 1. The normalized spacial score (nSPS) is 13.3. The number of benzene rings is 1. The molecule has 0 fully saturated rings. The molecule has 204 valence electrons. The highest BCUT2D eigenvalue weighted by Gasteiger charge is 2.37. The van der Waals surface area contributed by atoms with Gasteiger partial charge < -0.3 is 25.4 Å². The first-order valence-electron chi connectivity index (χ1n) is 13.1. The average Bonchev–Trinajstić information content (AvgIpc) is 2.72. The summed E-state index contributed by atoms with van der Waals surface area (Å²) in [4.78, 5) is 41.7. The Bertz CT molecular complexity index is 876. The molecule has 0 radical (unpaired) electrons. The van der Waals surface area contributed by atoms with E-state index in [9.17, 15) is 19.5 Å². The minimum Gasteiger partial charge on any atom is -0.507 e. The fraction of sp³-hybridized carbons (Fsp3) is 0.679. The van der Waals surface area contributed by atoms with Crippen molar-refractivity contribution in [3.63, 3.8) is 0 Å². The first kappa shape index (κ1) is 31.3. The molecule has 0 heterocycles. The molecule has 0 aromatic heterocycles. The van der Waals surface area contributed by atoms with Crippen LogP contribution in [-0.2, 0) is 14.3 Å². The second-order valence-electron chi connectivity index (χ2n) is 11.1. The number of rotatable bonds is 12. The Morgan fingerprint density at radius 1 is 1.06 bits per heavy atom. The first-order chi connectivity index (χ1) is 16.7. The third-order valence-corrected chi connectivity index (χ3v) is 5.54. The van der Waals surface area contributed by atoms with Gasteiger partial charge in [0.2, 0.25) is 11.8 Å². The smallest absolute Gasteiger partial charge is 0.408 e. The molecule has 0 saturated heterocycles. The summed E-state index contributed by atoms with van der Waals surface area (Å²) < 4.78 is 5.42. The fourth-order valence-corrected chi connectivity index (χ4v) is 3.96. The van der Waals surface area contributed by atoms with Gasteiger partial charge in [-0.3, -0.25) is 9.59 Å². The molecule has 0 bridgehead atoms. The zero-order chi connectivity index (χ0) is 27.6. The standard InChI is InChI=1S/C28H47N3O5/c1-10-11-12-16-31(26(34)22(17-18(2)3)30-27(35)36-28(7,8)9)23(25(33)29-19(4)5)21-15-13-14-20(6)24(21)32/h13-15,18-19,22-23,32H,10-12,16-17H2,1-9H3,(H,29,33)(H,30,35). The largest absolute Gasteiger partial charge is 0.507 e. The van der Waals surface area contributed by atoms with Crippen molar-refractivity contribution in [3.05, 3.63) is 29.3 Å². The van der Waals surface area contributed by atoms with E-state index in [-0.39, 0.29) is 29.5 Å². The third-order valence-electron chi connectivity index (χ3n) is 5.54. The number of aromatic hydroxyl groups is 1. The zero-order valence-electron chi connectivity index (χ0n) is 23.6. The fourth-order valence-electron chi connectivity index (χ4n) is 3.96. The van der Waals surface area contributed by atoms with E-state index in [1.165, 1.54) is 4.90 Å². The van der Waals surface area contributed by atoms with Crippen LogP contribution in [0.5, 0.6) is 5.75 Å². The number of carbonyl (C=O) groups excluding carboxylic acids is 3. The van der Waals surface area contributed by atoms with Crippen molar-refractivity contribution >= 4 is 17.9 Å². The summed E-state index contributed by atoms with van der Waals surface area (Å²) in [6.45, 7) is 17.0. The molecule has 0 aliphatic rings. The van der Waals surface area contributed by atoms with Gasteiger partial charge in [-0.05, 0) is 65.9 Å². The molecule has 0 aliphatic heterocycles. The van der Waals surface area contributed by atoms with Crippen LogP contribution in [-0.4, -0.2) is 52.1 Å². The molecule has 2 atom stereocenters. The van der Waals surface area contributed by atoms with Crippen molar-refractivity contribution in [3.8, 4) is 5.75 Å². The van der Waals surface area contributed by atoms with E-state index in [2.05, 4.69) is 17.6 Å². The van der Waals surface area contributed by atoms with Crippen molar-refractivity contribution < 1.29 is 24.2 Å². The van der Waals surface area contributed by atoms with Crippen molar-refractivity contribution in [2.75, 3.05) is 6.54 Å². The minimum absolute atomic E-state index is 0.0183. The van der Waals surface area contributed by atoms with Crippen LogP contribution in [0.3, 0.4) is 0 Å². The number of hydrogen-bond acceptors (Lipinski definition) is 5. The van der Waals surface area contributed by atoms with Gasteiger partial charge in [0.1, 0.15) is 23.4 Å². The summed E-state index contributed by atoms with van der Waals surface area (Å²) in [6, 6.07) is 3.09. The molecule has 0 aliphatic carbocycles. The number of phenolic OH excluding ortho intramolecular Hbond substituents is 1. The number of amides is 3. The van der Waals surface area contributed by atoms with Gasteiger partial charge in [-0.2, -0.15) is 0 Å². The van der Waals surface area contributed by atoms with Crippen LogP contribution in [0.4, 0.5) is 4.79 Å². The van der Waals surface area contributed by atoms with E-state index in [4.69, 9.17) is 4.74 Å².